The third kappa shape index (κ3) is 4.35. The molecule has 5 rings (SSSR count). The van der Waals surface area contributed by atoms with Crippen molar-refractivity contribution in [3.63, 3.8) is 0 Å². The molecule has 4 heterocycles. The van der Waals surface area contributed by atoms with E-state index < -0.39 is 0 Å². The van der Waals surface area contributed by atoms with Gasteiger partial charge in [-0.1, -0.05) is 36.4 Å². The fraction of sp³-hybridized carbons (Fsp3) is 0.269. The zero-order valence-electron chi connectivity index (χ0n) is 18.0. The van der Waals surface area contributed by atoms with Crippen LogP contribution in [-0.4, -0.2) is 33.5 Å². The molecule has 1 N–H and O–H groups in total. The van der Waals surface area contributed by atoms with Crippen LogP contribution in [0.2, 0.25) is 0 Å². The average molecular weight is 426 g/mol. The number of nitrogens with zero attached hydrogens (tertiary/aromatic N) is 4. The van der Waals surface area contributed by atoms with E-state index in [9.17, 15) is 4.79 Å². The summed E-state index contributed by atoms with van der Waals surface area (Å²) < 4.78 is 2.27. The molecule has 0 aliphatic carbocycles. The summed E-state index contributed by atoms with van der Waals surface area (Å²) in [7, 11) is 0. The van der Waals surface area contributed by atoms with Gasteiger partial charge in [-0.15, -0.1) is 0 Å². The van der Waals surface area contributed by atoms with E-state index in [0.29, 0.717) is 6.54 Å². The van der Waals surface area contributed by atoms with Gasteiger partial charge in [0.15, 0.2) is 0 Å². The Bertz CT molecular complexity index is 1180. The van der Waals surface area contributed by atoms with Crippen LogP contribution in [0.25, 0.3) is 10.9 Å². The quantitative estimate of drug-likeness (QED) is 0.507. The van der Waals surface area contributed by atoms with Crippen LogP contribution in [0, 0.1) is 5.92 Å². The molecule has 1 saturated heterocycles. The van der Waals surface area contributed by atoms with Gasteiger partial charge in [0.1, 0.15) is 5.82 Å². The first kappa shape index (κ1) is 20.2. The molecule has 0 saturated carbocycles. The number of anilines is 1. The summed E-state index contributed by atoms with van der Waals surface area (Å²) >= 11 is 0. The summed E-state index contributed by atoms with van der Waals surface area (Å²) in [6, 6.07) is 18.6. The smallest absolute Gasteiger partial charge is 0.223 e. The molecule has 162 valence electrons. The molecule has 0 unspecified atom stereocenters. The Balaban J connectivity index is 1.23. The van der Waals surface area contributed by atoms with E-state index in [0.717, 1.165) is 43.9 Å². The topological polar surface area (TPSA) is 63.1 Å². The van der Waals surface area contributed by atoms with E-state index >= 15 is 0 Å². The van der Waals surface area contributed by atoms with Crippen LogP contribution in [0.4, 0.5) is 5.82 Å². The van der Waals surface area contributed by atoms with E-state index in [1.807, 2.05) is 24.4 Å². The normalized spacial score (nSPS) is 14.6. The highest BCUT2D eigenvalue weighted by molar-refractivity contribution is 5.91. The molecule has 6 nitrogen and oxygen atoms in total. The summed E-state index contributed by atoms with van der Waals surface area (Å²) in [4.78, 5) is 23.8. The van der Waals surface area contributed by atoms with Crippen LogP contribution in [-0.2, 0) is 17.9 Å². The number of carbonyl (C=O) groups is 1. The second-order valence-corrected chi connectivity index (χ2v) is 8.34. The molecule has 1 fully saturated rings. The first-order valence-corrected chi connectivity index (χ1v) is 11.2. The predicted molar refractivity (Wildman–Crippen MR) is 126 cm³/mol. The van der Waals surface area contributed by atoms with Gasteiger partial charge in [0.25, 0.3) is 0 Å². The maximum atomic E-state index is 12.6. The number of piperidine rings is 1. The fourth-order valence-corrected chi connectivity index (χ4v) is 4.47. The van der Waals surface area contributed by atoms with Gasteiger partial charge >= 0.3 is 0 Å². The SMILES string of the molecule is O=C(NCc1cccnc1)C1CCN(c2nccc3c2ccn3Cc2ccccc2)CC1. The van der Waals surface area contributed by atoms with Gasteiger partial charge < -0.3 is 14.8 Å². The number of amides is 1. The summed E-state index contributed by atoms with van der Waals surface area (Å²) in [5.41, 5.74) is 3.49. The maximum absolute atomic E-state index is 12.6. The van der Waals surface area contributed by atoms with Crippen molar-refractivity contribution in [1.29, 1.82) is 0 Å². The molecule has 1 aromatic carbocycles. The second kappa shape index (κ2) is 9.22. The minimum Gasteiger partial charge on any atom is -0.356 e. The molecule has 3 aromatic heterocycles. The van der Waals surface area contributed by atoms with Crippen LogP contribution >= 0.6 is 0 Å². The van der Waals surface area contributed by atoms with E-state index in [1.165, 1.54) is 16.5 Å². The van der Waals surface area contributed by atoms with Gasteiger partial charge in [0.05, 0.1) is 5.52 Å². The third-order valence-corrected chi connectivity index (χ3v) is 6.23. The zero-order valence-corrected chi connectivity index (χ0v) is 18.0. The van der Waals surface area contributed by atoms with Crippen molar-refractivity contribution in [1.82, 2.24) is 19.9 Å². The van der Waals surface area contributed by atoms with Crippen molar-refractivity contribution >= 4 is 22.6 Å². The molecule has 0 radical (unpaired) electrons. The van der Waals surface area contributed by atoms with Crippen molar-refractivity contribution in [3.8, 4) is 0 Å². The van der Waals surface area contributed by atoms with Gasteiger partial charge in [0.2, 0.25) is 5.91 Å². The lowest BCUT2D eigenvalue weighted by Gasteiger charge is -2.32. The molecule has 4 aromatic rings. The van der Waals surface area contributed by atoms with Gasteiger partial charge in [-0.3, -0.25) is 9.78 Å². The zero-order chi connectivity index (χ0) is 21.8. The third-order valence-electron chi connectivity index (χ3n) is 6.23. The first-order valence-electron chi connectivity index (χ1n) is 11.2. The first-order chi connectivity index (χ1) is 15.8. The molecule has 1 amide bonds. The molecule has 6 heteroatoms. The minimum atomic E-state index is 0.0461. The van der Waals surface area contributed by atoms with E-state index in [-0.39, 0.29) is 11.8 Å². The Hall–Kier alpha value is -3.67. The van der Waals surface area contributed by atoms with Crippen molar-refractivity contribution < 1.29 is 4.79 Å². The van der Waals surface area contributed by atoms with Crippen LogP contribution < -0.4 is 10.2 Å². The van der Waals surface area contributed by atoms with Crippen molar-refractivity contribution in [2.45, 2.75) is 25.9 Å². The summed E-state index contributed by atoms with van der Waals surface area (Å²) in [5, 5.41) is 4.23. The van der Waals surface area contributed by atoms with Gasteiger partial charge in [-0.2, -0.15) is 0 Å². The van der Waals surface area contributed by atoms with Crippen molar-refractivity contribution in [3.05, 3.63) is 90.5 Å². The van der Waals surface area contributed by atoms with Gasteiger partial charge in [-0.25, -0.2) is 4.98 Å². The number of rotatable bonds is 6. The second-order valence-electron chi connectivity index (χ2n) is 8.34. The number of nitrogens with one attached hydrogen (secondary N) is 1. The van der Waals surface area contributed by atoms with Crippen LogP contribution in [0.15, 0.2) is 79.4 Å². The average Bonchev–Trinajstić information content (AvgIpc) is 3.27. The Kier molecular flexibility index (Phi) is 5.83. The molecule has 0 spiro atoms. The Morgan fingerprint density at radius 2 is 1.78 bits per heavy atom. The van der Waals surface area contributed by atoms with Gasteiger partial charge in [0, 0.05) is 62.3 Å². The van der Waals surface area contributed by atoms with E-state index in [2.05, 4.69) is 62.4 Å². The van der Waals surface area contributed by atoms with E-state index in [1.54, 1.807) is 12.4 Å². The molecule has 32 heavy (non-hydrogen) atoms. The highest BCUT2D eigenvalue weighted by atomic mass is 16.1. The Morgan fingerprint density at radius 3 is 2.56 bits per heavy atom. The minimum absolute atomic E-state index is 0.0461. The number of fused-ring (bicyclic) bond motifs is 1. The standard InChI is InChI=1S/C26H27N5O/c32-26(29-18-21-7-4-12-27-17-21)22-9-14-30(15-10-22)25-23-11-16-31(24(23)8-13-28-25)19-20-5-2-1-3-6-20/h1-8,11-13,16-17,22H,9-10,14-15,18-19H2,(H,29,32). The number of hydrogen-bond donors (Lipinski definition) is 1. The molecule has 0 atom stereocenters. The molecule has 0 bridgehead atoms. The Morgan fingerprint density at radius 1 is 0.969 bits per heavy atom. The number of pyridine rings is 2. The van der Waals surface area contributed by atoms with Crippen molar-refractivity contribution in [2.24, 2.45) is 5.92 Å². The fourth-order valence-electron chi connectivity index (χ4n) is 4.47. The molecular formula is C26H27N5O. The number of benzene rings is 1. The molecular weight excluding hydrogens is 398 g/mol. The lowest BCUT2D eigenvalue weighted by atomic mass is 9.95. The highest BCUT2D eigenvalue weighted by Crippen LogP contribution is 2.29. The molecule has 1 aliphatic rings. The number of carbonyl (C=O) groups excluding carboxylic acids is 1. The summed E-state index contributed by atoms with van der Waals surface area (Å²) in [6.07, 6.45) is 9.24. The van der Waals surface area contributed by atoms with Crippen LogP contribution in [0.1, 0.15) is 24.0 Å². The van der Waals surface area contributed by atoms with Gasteiger partial charge in [-0.05, 0) is 42.2 Å². The lowest BCUT2D eigenvalue weighted by Crippen LogP contribution is -2.40. The highest BCUT2D eigenvalue weighted by Gasteiger charge is 2.26. The predicted octanol–water partition coefficient (Wildman–Crippen LogP) is 4.01. The molecule has 1 aliphatic heterocycles. The maximum Gasteiger partial charge on any atom is 0.223 e. The van der Waals surface area contributed by atoms with Crippen molar-refractivity contribution in [2.75, 3.05) is 18.0 Å². The van der Waals surface area contributed by atoms with Crippen LogP contribution in [0.3, 0.4) is 0 Å². The van der Waals surface area contributed by atoms with E-state index in [4.69, 9.17) is 4.98 Å². The number of aromatic nitrogens is 3. The lowest BCUT2D eigenvalue weighted by molar-refractivity contribution is -0.125. The largest absolute Gasteiger partial charge is 0.356 e. The summed E-state index contributed by atoms with van der Waals surface area (Å²) in [5.74, 6) is 1.20. The monoisotopic (exact) mass is 425 g/mol. The number of hydrogen-bond acceptors (Lipinski definition) is 4. The summed E-state index contributed by atoms with van der Waals surface area (Å²) in [6.45, 7) is 3.04. The van der Waals surface area contributed by atoms with Crippen LogP contribution in [0.5, 0.6) is 0 Å². The Labute approximate surface area is 187 Å².